The van der Waals surface area contributed by atoms with E-state index >= 15 is 0 Å². The molecule has 0 aliphatic carbocycles. The van der Waals surface area contributed by atoms with Gasteiger partial charge in [0.1, 0.15) is 17.4 Å². The number of hydrogen-bond acceptors (Lipinski definition) is 2. The van der Waals surface area contributed by atoms with Crippen molar-refractivity contribution in [1.29, 1.82) is 0 Å². The molecule has 0 radical (unpaired) electrons. The molecule has 0 heterocycles. The summed E-state index contributed by atoms with van der Waals surface area (Å²) >= 11 is 2.88. The Morgan fingerprint density at radius 2 is 1.86 bits per heavy atom. The van der Waals surface area contributed by atoms with Crippen LogP contribution in [0.15, 0.2) is 40.9 Å². The summed E-state index contributed by atoms with van der Waals surface area (Å²) in [5.41, 5.74) is -0.0637. The van der Waals surface area contributed by atoms with E-state index in [1.165, 1.54) is 12.1 Å². The summed E-state index contributed by atoms with van der Waals surface area (Å²) < 4.78 is 32.8. The second-order valence-electron chi connectivity index (χ2n) is 4.77. The van der Waals surface area contributed by atoms with Crippen LogP contribution in [-0.2, 0) is 0 Å². The number of carbonyl (C=O) groups is 1. The van der Waals surface area contributed by atoms with E-state index in [1.54, 1.807) is 12.1 Å². The van der Waals surface area contributed by atoms with E-state index in [-0.39, 0.29) is 21.7 Å². The highest BCUT2D eigenvalue weighted by Gasteiger charge is 2.17. The average molecular weight is 355 g/mol. The lowest BCUT2D eigenvalue weighted by Crippen LogP contribution is -2.08. The Kier molecular flexibility index (Phi) is 4.73. The fourth-order valence-electron chi connectivity index (χ4n) is 1.83. The van der Waals surface area contributed by atoms with Crippen LogP contribution in [0.5, 0.6) is 5.75 Å². The molecule has 0 aliphatic rings. The number of ketones is 1. The smallest absolute Gasteiger partial charge is 0.196 e. The number of hydrogen-bond donors (Lipinski definition) is 0. The number of carbonyl (C=O) groups excluding carboxylic acids is 1. The van der Waals surface area contributed by atoms with Crippen molar-refractivity contribution in [3.63, 3.8) is 0 Å². The molecule has 0 bridgehead atoms. The van der Waals surface area contributed by atoms with Crippen molar-refractivity contribution in [1.82, 2.24) is 0 Å². The molecule has 0 N–H and O–H groups in total. The molecule has 2 nitrogen and oxygen atoms in total. The quantitative estimate of drug-likeness (QED) is 0.585. The molecule has 0 fully saturated rings. The van der Waals surface area contributed by atoms with Gasteiger partial charge in [-0.25, -0.2) is 8.78 Å². The van der Waals surface area contributed by atoms with E-state index in [1.807, 2.05) is 13.8 Å². The van der Waals surface area contributed by atoms with Crippen LogP contribution < -0.4 is 4.74 Å². The number of benzene rings is 2. The average Bonchev–Trinajstić information content (AvgIpc) is 2.41. The summed E-state index contributed by atoms with van der Waals surface area (Å²) in [4.78, 5) is 12.3. The Hall–Kier alpha value is -1.75. The SMILES string of the molecule is CC(C)Oc1cccc(C(=O)c2cc(F)c(Br)cc2F)c1. The van der Waals surface area contributed by atoms with Crippen molar-refractivity contribution in [3.05, 3.63) is 63.6 Å². The highest BCUT2D eigenvalue weighted by atomic mass is 79.9. The first kappa shape index (κ1) is 15.6. The fraction of sp³-hybridized carbons (Fsp3) is 0.188. The molecule has 0 aromatic heterocycles. The summed E-state index contributed by atoms with van der Waals surface area (Å²) in [5.74, 6) is -1.54. The van der Waals surface area contributed by atoms with Crippen LogP contribution in [0.25, 0.3) is 0 Å². The van der Waals surface area contributed by atoms with Crippen molar-refractivity contribution >= 4 is 21.7 Å². The Labute approximate surface area is 129 Å². The molecule has 2 aromatic carbocycles. The lowest BCUT2D eigenvalue weighted by molar-refractivity contribution is 0.103. The van der Waals surface area contributed by atoms with Crippen LogP contribution in [0.4, 0.5) is 8.78 Å². The fourth-order valence-corrected chi connectivity index (χ4v) is 2.15. The highest BCUT2D eigenvalue weighted by Crippen LogP contribution is 2.23. The van der Waals surface area contributed by atoms with Gasteiger partial charge in [-0.05, 0) is 54.0 Å². The zero-order valence-electron chi connectivity index (χ0n) is 11.5. The van der Waals surface area contributed by atoms with Gasteiger partial charge in [0.2, 0.25) is 0 Å². The van der Waals surface area contributed by atoms with Gasteiger partial charge in [-0.2, -0.15) is 0 Å². The zero-order valence-corrected chi connectivity index (χ0v) is 13.1. The first-order valence-corrected chi connectivity index (χ1v) is 7.13. The van der Waals surface area contributed by atoms with Crippen LogP contribution in [0.1, 0.15) is 29.8 Å². The summed E-state index contributed by atoms with van der Waals surface area (Å²) in [6.07, 6.45) is -0.0442. The molecule has 5 heteroatoms. The minimum absolute atomic E-state index is 0.0200. The van der Waals surface area contributed by atoms with Crippen molar-refractivity contribution < 1.29 is 18.3 Å². The van der Waals surface area contributed by atoms with Crippen molar-refractivity contribution in [3.8, 4) is 5.75 Å². The summed E-state index contributed by atoms with van der Waals surface area (Å²) in [7, 11) is 0. The molecule has 0 saturated heterocycles. The molecule has 0 saturated carbocycles. The molecule has 0 amide bonds. The van der Waals surface area contributed by atoms with Gasteiger partial charge in [0.25, 0.3) is 0 Å². The van der Waals surface area contributed by atoms with Gasteiger partial charge >= 0.3 is 0 Å². The van der Waals surface area contributed by atoms with Crippen LogP contribution in [0.2, 0.25) is 0 Å². The molecular formula is C16H13BrF2O2. The first-order valence-electron chi connectivity index (χ1n) is 6.34. The molecule has 2 aromatic rings. The van der Waals surface area contributed by atoms with E-state index < -0.39 is 17.4 Å². The molecular weight excluding hydrogens is 342 g/mol. The van der Waals surface area contributed by atoms with E-state index in [2.05, 4.69) is 15.9 Å². The number of halogens is 3. The van der Waals surface area contributed by atoms with Gasteiger partial charge in [-0.1, -0.05) is 12.1 Å². The van der Waals surface area contributed by atoms with Gasteiger partial charge in [-0.3, -0.25) is 4.79 Å². The maximum absolute atomic E-state index is 13.8. The van der Waals surface area contributed by atoms with Crippen molar-refractivity contribution in [2.75, 3.05) is 0 Å². The third kappa shape index (κ3) is 3.67. The van der Waals surface area contributed by atoms with Crippen LogP contribution in [0, 0.1) is 11.6 Å². The van der Waals surface area contributed by atoms with Crippen LogP contribution in [-0.4, -0.2) is 11.9 Å². The van der Waals surface area contributed by atoms with Crippen LogP contribution in [0.3, 0.4) is 0 Å². The van der Waals surface area contributed by atoms with E-state index in [0.717, 1.165) is 12.1 Å². The van der Waals surface area contributed by atoms with Gasteiger partial charge in [0.05, 0.1) is 16.1 Å². The molecule has 0 spiro atoms. The van der Waals surface area contributed by atoms with Gasteiger partial charge < -0.3 is 4.74 Å². The monoisotopic (exact) mass is 354 g/mol. The largest absolute Gasteiger partial charge is 0.491 e. The second kappa shape index (κ2) is 6.35. The Bertz CT molecular complexity index is 684. The third-order valence-corrected chi connectivity index (χ3v) is 3.33. The zero-order chi connectivity index (χ0) is 15.6. The summed E-state index contributed by atoms with van der Waals surface area (Å²) in [6.45, 7) is 3.72. The number of rotatable bonds is 4. The maximum Gasteiger partial charge on any atom is 0.196 e. The minimum Gasteiger partial charge on any atom is -0.491 e. The second-order valence-corrected chi connectivity index (χ2v) is 5.62. The van der Waals surface area contributed by atoms with Gasteiger partial charge in [0.15, 0.2) is 5.78 Å². The predicted molar refractivity (Wildman–Crippen MR) is 79.7 cm³/mol. The lowest BCUT2D eigenvalue weighted by atomic mass is 10.0. The molecule has 0 aliphatic heterocycles. The van der Waals surface area contributed by atoms with Crippen molar-refractivity contribution in [2.24, 2.45) is 0 Å². The third-order valence-electron chi connectivity index (χ3n) is 2.72. The van der Waals surface area contributed by atoms with E-state index in [4.69, 9.17) is 4.74 Å². The normalized spacial score (nSPS) is 10.8. The van der Waals surface area contributed by atoms with Gasteiger partial charge in [-0.15, -0.1) is 0 Å². The first-order chi connectivity index (χ1) is 9.88. The van der Waals surface area contributed by atoms with E-state index in [9.17, 15) is 13.6 Å². The Balaban J connectivity index is 2.38. The molecule has 0 unspecified atom stereocenters. The van der Waals surface area contributed by atoms with Crippen molar-refractivity contribution in [2.45, 2.75) is 20.0 Å². The molecule has 0 atom stereocenters. The Morgan fingerprint density at radius 1 is 1.14 bits per heavy atom. The van der Waals surface area contributed by atoms with Gasteiger partial charge in [0, 0.05) is 5.56 Å². The minimum atomic E-state index is -0.775. The summed E-state index contributed by atoms with van der Waals surface area (Å²) in [6, 6.07) is 8.22. The molecule has 21 heavy (non-hydrogen) atoms. The van der Waals surface area contributed by atoms with Crippen LogP contribution >= 0.6 is 15.9 Å². The molecule has 110 valence electrons. The lowest BCUT2D eigenvalue weighted by Gasteiger charge is -2.11. The summed E-state index contributed by atoms with van der Waals surface area (Å²) in [5, 5.41) is 0. The molecule has 2 rings (SSSR count). The topological polar surface area (TPSA) is 26.3 Å². The number of ether oxygens (including phenoxy) is 1. The predicted octanol–water partition coefficient (Wildman–Crippen LogP) is 4.75. The Morgan fingerprint density at radius 3 is 2.52 bits per heavy atom. The maximum atomic E-state index is 13.8. The van der Waals surface area contributed by atoms with E-state index in [0.29, 0.717) is 5.75 Å². The highest BCUT2D eigenvalue weighted by molar-refractivity contribution is 9.10. The standard InChI is InChI=1S/C16H13BrF2O2/c1-9(2)21-11-5-3-4-10(6-11)16(20)12-7-15(19)13(17)8-14(12)18/h3-9H,1-2H3.